The van der Waals surface area contributed by atoms with Crippen molar-refractivity contribution in [2.75, 3.05) is 6.54 Å². The molecule has 2 rings (SSSR count). The molecule has 5 heteroatoms. The second kappa shape index (κ2) is 5.25. The third-order valence-electron chi connectivity index (χ3n) is 3.44. The average molecular weight is 250 g/mol. The van der Waals surface area contributed by atoms with Crippen LogP contribution in [0.4, 0.5) is 0 Å². The Bertz CT molecular complexity index is 495. The van der Waals surface area contributed by atoms with Crippen molar-refractivity contribution in [2.24, 2.45) is 0 Å². The smallest absolute Gasteiger partial charge is 0.254 e. The summed E-state index contributed by atoms with van der Waals surface area (Å²) in [6, 6.07) is 2.79. The summed E-state index contributed by atoms with van der Waals surface area (Å²) in [6.07, 6.45) is 4.07. The van der Waals surface area contributed by atoms with E-state index >= 15 is 0 Å². The minimum Gasteiger partial charge on any atom is -0.494 e. The monoisotopic (exact) mass is 250 g/mol. The highest BCUT2D eigenvalue weighted by Crippen LogP contribution is 2.21. The molecular formula is C13H18N2O3. The standard InChI is InChI=1S/C13H18N2O3/c1-2-10-5-3-4-6-15(10)13(18)9-7-11(16)14-12(17)8-9/h7-8,10H,2-6H2,1H3,(H2,14,16,17). The molecule has 2 N–H and O–H groups in total. The van der Waals surface area contributed by atoms with Crippen molar-refractivity contribution in [1.29, 1.82) is 0 Å². The molecule has 1 saturated heterocycles. The van der Waals surface area contributed by atoms with Gasteiger partial charge in [-0.25, -0.2) is 0 Å². The minimum absolute atomic E-state index is 0.164. The van der Waals surface area contributed by atoms with Gasteiger partial charge in [0.1, 0.15) is 0 Å². The summed E-state index contributed by atoms with van der Waals surface area (Å²) in [6.45, 7) is 2.79. The third kappa shape index (κ3) is 2.55. The molecule has 0 spiro atoms. The van der Waals surface area contributed by atoms with Crippen LogP contribution in [-0.2, 0) is 0 Å². The number of aromatic hydroxyl groups is 1. The molecule has 0 aromatic carbocycles. The van der Waals surface area contributed by atoms with Crippen LogP contribution in [0.25, 0.3) is 0 Å². The summed E-state index contributed by atoms with van der Waals surface area (Å²) in [7, 11) is 0. The van der Waals surface area contributed by atoms with Crippen molar-refractivity contribution in [3.8, 4) is 5.88 Å². The first-order chi connectivity index (χ1) is 8.61. The largest absolute Gasteiger partial charge is 0.494 e. The SMILES string of the molecule is CCC1CCCCN1C(=O)c1cc(O)[nH]c(=O)c1. The predicted octanol–water partition coefficient (Wildman–Crippen LogP) is 1.49. The fourth-order valence-electron chi connectivity index (χ4n) is 2.51. The van der Waals surface area contributed by atoms with E-state index in [4.69, 9.17) is 0 Å². The molecule has 0 aliphatic carbocycles. The highest BCUT2D eigenvalue weighted by atomic mass is 16.3. The number of pyridine rings is 1. The Hall–Kier alpha value is -1.78. The van der Waals surface area contributed by atoms with E-state index < -0.39 is 5.56 Å². The Labute approximate surface area is 105 Å². The van der Waals surface area contributed by atoms with Crippen LogP contribution in [-0.4, -0.2) is 33.5 Å². The van der Waals surface area contributed by atoms with Crippen molar-refractivity contribution < 1.29 is 9.90 Å². The molecule has 1 aliphatic heterocycles. The van der Waals surface area contributed by atoms with Gasteiger partial charge in [0.25, 0.3) is 11.5 Å². The highest BCUT2D eigenvalue weighted by Gasteiger charge is 2.26. The molecule has 5 nitrogen and oxygen atoms in total. The Morgan fingerprint density at radius 3 is 2.94 bits per heavy atom. The van der Waals surface area contributed by atoms with Crippen molar-refractivity contribution in [1.82, 2.24) is 9.88 Å². The van der Waals surface area contributed by atoms with Crippen molar-refractivity contribution in [3.05, 3.63) is 28.0 Å². The van der Waals surface area contributed by atoms with E-state index in [1.165, 1.54) is 12.1 Å². The van der Waals surface area contributed by atoms with Crippen molar-refractivity contribution in [2.45, 2.75) is 38.6 Å². The molecule has 1 atom stereocenters. The average Bonchev–Trinajstić information content (AvgIpc) is 2.36. The van der Waals surface area contributed by atoms with E-state index in [-0.39, 0.29) is 23.4 Å². The Kier molecular flexibility index (Phi) is 3.69. The maximum Gasteiger partial charge on any atom is 0.254 e. The molecule has 0 radical (unpaired) electrons. The van der Waals surface area contributed by atoms with Crippen LogP contribution in [0, 0.1) is 0 Å². The van der Waals surface area contributed by atoms with E-state index in [1.807, 2.05) is 4.90 Å². The lowest BCUT2D eigenvalue weighted by Crippen LogP contribution is -2.43. The number of aromatic amines is 1. The second-order valence-electron chi connectivity index (χ2n) is 4.67. The van der Waals surface area contributed by atoms with E-state index in [0.29, 0.717) is 0 Å². The number of nitrogens with one attached hydrogen (secondary N) is 1. The van der Waals surface area contributed by atoms with Crippen molar-refractivity contribution >= 4 is 5.91 Å². The summed E-state index contributed by atoms with van der Waals surface area (Å²) in [5.41, 5.74) is -0.194. The fourth-order valence-corrected chi connectivity index (χ4v) is 2.51. The topological polar surface area (TPSA) is 73.4 Å². The molecule has 0 bridgehead atoms. The third-order valence-corrected chi connectivity index (χ3v) is 3.44. The summed E-state index contributed by atoms with van der Waals surface area (Å²) in [5, 5.41) is 9.34. The fraction of sp³-hybridized carbons (Fsp3) is 0.538. The summed E-state index contributed by atoms with van der Waals surface area (Å²) in [4.78, 5) is 27.6. The van der Waals surface area contributed by atoms with E-state index in [0.717, 1.165) is 32.2 Å². The number of amides is 1. The van der Waals surface area contributed by atoms with Crippen LogP contribution in [0.15, 0.2) is 16.9 Å². The van der Waals surface area contributed by atoms with Gasteiger partial charge in [-0.1, -0.05) is 6.92 Å². The Morgan fingerprint density at radius 1 is 1.50 bits per heavy atom. The number of H-pyrrole nitrogens is 1. The maximum atomic E-state index is 12.3. The molecule has 1 unspecified atom stereocenters. The van der Waals surface area contributed by atoms with E-state index in [9.17, 15) is 14.7 Å². The van der Waals surface area contributed by atoms with Crippen molar-refractivity contribution in [3.63, 3.8) is 0 Å². The number of nitrogens with zero attached hydrogens (tertiary/aromatic N) is 1. The molecular weight excluding hydrogens is 232 g/mol. The Morgan fingerprint density at radius 2 is 2.28 bits per heavy atom. The van der Waals surface area contributed by atoms with Gasteiger partial charge in [0.05, 0.1) is 5.56 Å². The number of piperidine rings is 1. The van der Waals surface area contributed by atoms with Gasteiger partial charge in [0, 0.05) is 24.7 Å². The van der Waals surface area contributed by atoms with Gasteiger partial charge in [0.2, 0.25) is 0 Å². The lowest BCUT2D eigenvalue weighted by molar-refractivity contribution is 0.0607. The molecule has 18 heavy (non-hydrogen) atoms. The van der Waals surface area contributed by atoms with Gasteiger partial charge in [-0.05, 0) is 25.7 Å². The van der Waals surface area contributed by atoms with Crippen LogP contribution >= 0.6 is 0 Å². The number of carbonyl (C=O) groups excluding carboxylic acids is 1. The van der Waals surface area contributed by atoms with Gasteiger partial charge >= 0.3 is 0 Å². The maximum absolute atomic E-state index is 12.3. The molecule has 1 aromatic rings. The normalized spacial score (nSPS) is 19.8. The molecule has 98 valence electrons. The Balaban J connectivity index is 2.26. The van der Waals surface area contributed by atoms with Gasteiger partial charge in [-0.3, -0.25) is 14.6 Å². The summed E-state index contributed by atoms with van der Waals surface area (Å²) >= 11 is 0. The van der Waals surface area contributed by atoms with Gasteiger partial charge < -0.3 is 10.0 Å². The van der Waals surface area contributed by atoms with Crippen LogP contribution in [0.1, 0.15) is 43.0 Å². The zero-order chi connectivity index (χ0) is 13.1. The van der Waals surface area contributed by atoms with Crippen LogP contribution in [0.2, 0.25) is 0 Å². The molecule has 0 saturated carbocycles. The lowest BCUT2D eigenvalue weighted by atomic mass is 9.99. The van der Waals surface area contributed by atoms with Gasteiger partial charge in [-0.2, -0.15) is 0 Å². The first-order valence-corrected chi connectivity index (χ1v) is 6.36. The zero-order valence-corrected chi connectivity index (χ0v) is 10.5. The molecule has 1 fully saturated rings. The lowest BCUT2D eigenvalue weighted by Gasteiger charge is -2.35. The number of aromatic nitrogens is 1. The zero-order valence-electron chi connectivity index (χ0n) is 10.5. The number of rotatable bonds is 2. The second-order valence-corrected chi connectivity index (χ2v) is 4.67. The molecule has 2 heterocycles. The summed E-state index contributed by atoms with van der Waals surface area (Å²) < 4.78 is 0. The predicted molar refractivity (Wildman–Crippen MR) is 67.7 cm³/mol. The molecule has 1 aliphatic rings. The minimum atomic E-state index is -0.455. The highest BCUT2D eigenvalue weighted by molar-refractivity contribution is 5.94. The first kappa shape index (κ1) is 12.7. The van der Waals surface area contributed by atoms with E-state index in [2.05, 4.69) is 11.9 Å². The number of hydrogen-bond donors (Lipinski definition) is 2. The summed E-state index contributed by atoms with van der Waals surface area (Å²) in [5.74, 6) is -0.432. The van der Waals surface area contributed by atoms with Gasteiger partial charge in [-0.15, -0.1) is 0 Å². The first-order valence-electron chi connectivity index (χ1n) is 6.36. The van der Waals surface area contributed by atoms with Crippen LogP contribution in [0.3, 0.4) is 0 Å². The molecule has 1 amide bonds. The van der Waals surface area contributed by atoms with Crippen LogP contribution < -0.4 is 5.56 Å². The van der Waals surface area contributed by atoms with E-state index in [1.54, 1.807) is 0 Å². The quantitative estimate of drug-likeness (QED) is 0.835. The number of likely N-dealkylation sites (tertiary alicyclic amines) is 1. The number of carbonyl (C=O) groups is 1. The number of hydrogen-bond acceptors (Lipinski definition) is 3. The van der Waals surface area contributed by atoms with Crippen LogP contribution in [0.5, 0.6) is 5.88 Å². The molecule has 1 aromatic heterocycles. The van der Waals surface area contributed by atoms with Gasteiger partial charge in [0.15, 0.2) is 5.88 Å².